The Morgan fingerprint density at radius 1 is 1.12 bits per heavy atom. The van der Waals surface area contributed by atoms with Crippen molar-refractivity contribution in [1.29, 1.82) is 0 Å². The molecule has 0 saturated heterocycles. The topological polar surface area (TPSA) is 81.1 Å². The van der Waals surface area contributed by atoms with Crippen molar-refractivity contribution in [3.63, 3.8) is 0 Å². The second-order valence-electron chi connectivity index (χ2n) is 7.90. The molecule has 2 N–H and O–H groups in total. The number of hydrogen-bond donors (Lipinski definition) is 2. The Hall–Kier alpha value is -3.26. The lowest BCUT2D eigenvalue weighted by Crippen LogP contribution is -2.31. The van der Waals surface area contributed by atoms with E-state index >= 15 is 0 Å². The van der Waals surface area contributed by atoms with Crippen molar-refractivity contribution in [2.24, 2.45) is 0 Å². The summed E-state index contributed by atoms with van der Waals surface area (Å²) in [7, 11) is 0. The number of ether oxygens (including phenoxy) is 1. The van der Waals surface area contributed by atoms with Gasteiger partial charge in [0, 0.05) is 17.1 Å². The molecule has 0 aliphatic carbocycles. The highest BCUT2D eigenvalue weighted by Crippen LogP contribution is 2.37. The second-order valence-corrected chi connectivity index (χ2v) is 8.96. The van der Waals surface area contributed by atoms with Crippen molar-refractivity contribution in [1.82, 2.24) is 14.8 Å². The van der Waals surface area contributed by atoms with Crippen LogP contribution in [0.15, 0.2) is 65.0 Å². The van der Waals surface area contributed by atoms with E-state index in [4.69, 9.17) is 9.84 Å². The van der Waals surface area contributed by atoms with E-state index in [9.17, 15) is 4.79 Å². The molecule has 172 valence electrons. The van der Waals surface area contributed by atoms with Crippen LogP contribution >= 0.6 is 11.8 Å². The number of aromatic nitrogens is 3. The van der Waals surface area contributed by atoms with E-state index in [1.165, 1.54) is 0 Å². The number of benzene rings is 2. The quantitative estimate of drug-likeness (QED) is 0.435. The Bertz CT molecular complexity index is 1150. The largest absolute Gasteiger partial charge is 0.494 e. The second kappa shape index (κ2) is 10.1. The molecule has 3 aromatic rings. The number of rotatable bonds is 8. The first kappa shape index (κ1) is 22.9. The molecule has 1 aliphatic rings. The van der Waals surface area contributed by atoms with Crippen LogP contribution in [0.1, 0.15) is 44.4 Å². The highest BCUT2D eigenvalue weighted by atomic mass is 32.2. The van der Waals surface area contributed by atoms with Crippen LogP contribution in [0.3, 0.4) is 0 Å². The van der Waals surface area contributed by atoms with E-state index in [0.717, 1.165) is 40.4 Å². The molecule has 2 heterocycles. The zero-order valence-electron chi connectivity index (χ0n) is 19.4. The van der Waals surface area contributed by atoms with Gasteiger partial charge in [-0.1, -0.05) is 48.5 Å². The van der Waals surface area contributed by atoms with Gasteiger partial charge >= 0.3 is 0 Å². The van der Waals surface area contributed by atoms with Crippen LogP contribution in [0.2, 0.25) is 0 Å². The van der Waals surface area contributed by atoms with Gasteiger partial charge in [-0.2, -0.15) is 4.98 Å². The van der Waals surface area contributed by atoms with E-state index in [-0.39, 0.29) is 5.91 Å². The zero-order chi connectivity index (χ0) is 23.4. The van der Waals surface area contributed by atoms with Crippen molar-refractivity contribution in [2.75, 3.05) is 23.0 Å². The summed E-state index contributed by atoms with van der Waals surface area (Å²) in [5.41, 5.74) is 4.18. The molecule has 7 nitrogen and oxygen atoms in total. The van der Waals surface area contributed by atoms with E-state index in [1.807, 2.05) is 74.0 Å². The van der Waals surface area contributed by atoms with Crippen LogP contribution in [0, 0.1) is 6.92 Å². The molecule has 2 aromatic carbocycles. The molecular formula is C25H29N5O2S. The molecule has 0 bridgehead atoms. The lowest BCUT2D eigenvalue weighted by Gasteiger charge is -2.28. The molecular weight excluding hydrogens is 434 g/mol. The summed E-state index contributed by atoms with van der Waals surface area (Å²) in [6.07, 6.45) is 1.03. The Morgan fingerprint density at radius 3 is 2.52 bits per heavy atom. The molecule has 33 heavy (non-hydrogen) atoms. The number of amides is 1. The fourth-order valence-corrected chi connectivity index (χ4v) is 4.42. The molecule has 0 spiro atoms. The van der Waals surface area contributed by atoms with Crippen LogP contribution < -0.4 is 15.4 Å². The molecule has 1 aromatic heterocycles. The summed E-state index contributed by atoms with van der Waals surface area (Å²) in [5, 5.41) is 11.8. The lowest BCUT2D eigenvalue weighted by molar-refractivity contribution is -0.113. The molecule has 0 fully saturated rings. The first-order chi connectivity index (χ1) is 16.0. The predicted molar refractivity (Wildman–Crippen MR) is 133 cm³/mol. The fraction of sp³-hybridized carbons (Fsp3) is 0.320. The van der Waals surface area contributed by atoms with Crippen LogP contribution in [-0.4, -0.2) is 33.0 Å². The van der Waals surface area contributed by atoms with Gasteiger partial charge in [-0.25, -0.2) is 4.68 Å². The molecule has 1 unspecified atom stereocenters. The number of anilines is 2. The maximum Gasteiger partial charge on any atom is 0.255 e. The number of thioether (sulfide) groups is 1. The summed E-state index contributed by atoms with van der Waals surface area (Å²) in [6, 6.07) is 15.2. The van der Waals surface area contributed by atoms with Crippen LogP contribution in [0.25, 0.3) is 0 Å². The van der Waals surface area contributed by atoms with Crippen molar-refractivity contribution >= 4 is 29.3 Å². The minimum atomic E-state index is -0.411. The average molecular weight is 464 g/mol. The van der Waals surface area contributed by atoms with Gasteiger partial charge in [-0.15, -0.1) is 5.10 Å². The van der Waals surface area contributed by atoms with Crippen molar-refractivity contribution in [3.8, 4) is 5.75 Å². The van der Waals surface area contributed by atoms with Gasteiger partial charge in [-0.05, 0) is 57.0 Å². The van der Waals surface area contributed by atoms with Crippen LogP contribution in [0.4, 0.5) is 11.6 Å². The summed E-state index contributed by atoms with van der Waals surface area (Å²) in [4.78, 5) is 18.2. The molecule has 4 rings (SSSR count). The third-order valence-corrected chi connectivity index (χ3v) is 6.37. The Labute approximate surface area is 198 Å². The SMILES string of the molecule is CCCSc1nc2n(n1)C(c1ccc(OCC)cc1)C(C(=O)Nc1ccc(C)cc1)=C(C)N2. The van der Waals surface area contributed by atoms with E-state index in [1.54, 1.807) is 11.8 Å². The Morgan fingerprint density at radius 2 is 1.85 bits per heavy atom. The number of nitrogens with one attached hydrogen (secondary N) is 2. The zero-order valence-corrected chi connectivity index (χ0v) is 20.2. The van der Waals surface area contributed by atoms with Crippen LogP contribution in [-0.2, 0) is 4.79 Å². The van der Waals surface area contributed by atoms with Crippen molar-refractivity contribution in [3.05, 3.63) is 70.9 Å². The standard InChI is InChI=1S/C25H29N5O2S/c1-5-15-33-25-28-24-26-17(4)21(23(31)27-19-11-7-16(3)8-12-19)22(30(24)29-25)18-9-13-20(14-10-18)32-6-2/h7-14,22H,5-6,15H2,1-4H3,(H,27,31)(H,26,28,29). The molecule has 0 saturated carbocycles. The van der Waals surface area contributed by atoms with Crippen LogP contribution in [0.5, 0.6) is 5.75 Å². The molecule has 8 heteroatoms. The monoisotopic (exact) mass is 463 g/mol. The third kappa shape index (κ3) is 5.06. The highest BCUT2D eigenvalue weighted by Gasteiger charge is 2.34. The van der Waals surface area contributed by atoms with Gasteiger partial charge in [0.1, 0.15) is 11.8 Å². The summed E-state index contributed by atoms with van der Waals surface area (Å²) >= 11 is 1.61. The van der Waals surface area contributed by atoms with Gasteiger partial charge in [0.05, 0.1) is 12.2 Å². The van der Waals surface area contributed by atoms with Crippen molar-refractivity contribution in [2.45, 2.75) is 45.3 Å². The summed E-state index contributed by atoms with van der Waals surface area (Å²) in [5.74, 6) is 2.19. The normalized spacial score (nSPS) is 15.1. The summed E-state index contributed by atoms with van der Waals surface area (Å²) in [6.45, 7) is 8.61. The van der Waals surface area contributed by atoms with Crippen molar-refractivity contribution < 1.29 is 9.53 Å². The number of carbonyl (C=O) groups is 1. The number of aryl methyl sites for hydroxylation is 1. The highest BCUT2D eigenvalue weighted by molar-refractivity contribution is 7.99. The fourth-order valence-electron chi connectivity index (χ4n) is 3.74. The van der Waals surface area contributed by atoms with Gasteiger partial charge < -0.3 is 15.4 Å². The number of hydrogen-bond acceptors (Lipinski definition) is 6. The van der Waals surface area contributed by atoms with Gasteiger partial charge in [0.25, 0.3) is 5.91 Å². The number of allylic oxidation sites excluding steroid dienone is 1. The maximum atomic E-state index is 13.5. The van der Waals surface area contributed by atoms with E-state index in [2.05, 4.69) is 22.5 Å². The minimum absolute atomic E-state index is 0.174. The third-order valence-electron chi connectivity index (χ3n) is 5.33. The molecule has 1 aliphatic heterocycles. The van der Waals surface area contributed by atoms with Gasteiger partial charge in [0.2, 0.25) is 11.1 Å². The first-order valence-electron chi connectivity index (χ1n) is 11.2. The number of nitrogens with zero attached hydrogens (tertiary/aromatic N) is 3. The lowest BCUT2D eigenvalue weighted by atomic mass is 9.95. The van der Waals surface area contributed by atoms with E-state index in [0.29, 0.717) is 23.3 Å². The average Bonchev–Trinajstić information content (AvgIpc) is 3.21. The van der Waals surface area contributed by atoms with E-state index < -0.39 is 6.04 Å². The maximum absolute atomic E-state index is 13.5. The molecule has 0 radical (unpaired) electrons. The van der Waals surface area contributed by atoms with Gasteiger partial charge in [-0.3, -0.25) is 4.79 Å². The Kier molecular flexibility index (Phi) is 7.03. The summed E-state index contributed by atoms with van der Waals surface area (Å²) < 4.78 is 7.42. The molecule has 1 amide bonds. The molecule has 1 atom stereocenters. The smallest absolute Gasteiger partial charge is 0.255 e. The Balaban J connectivity index is 1.73. The number of carbonyl (C=O) groups excluding carboxylic acids is 1. The predicted octanol–water partition coefficient (Wildman–Crippen LogP) is 5.41. The van der Waals surface area contributed by atoms with Gasteiger partial charge in [0.15, 0.2) is 0 Å². The first-order valence-corrected chi connectivity index (χ1v) is 12.2. The number of fused-ring (bicyclic) bond motifs is 1. The minimum Gasteiger partial charge on any atom is -0.494 e.